The number of furan rings is 1. The van der Waals surface area contributed by atoms with Gasteiger partial charge in [-0.3, -0.25) is 0 Å². The van der Waals surface area contributed by atoms with Gasteiger partial charge in [-0.25, -0.2) is 0 Å². The Morgan fingerprint density at radius 2 is 1.30 bits per heavy atom. The van der Waals surface area contributed by atoms with E-state index in [9.17, 15) is 0 Å². The van der Waals surface area contributed by atoms with E-state index in [1.165, 1.54) is 86.2 Å². The zero-order chi connectivity index (χ0) is 19.4. The van der Waals surface area contributed by atoms with Crippen molar-refractivity contribution < 1.29 is 4.42 Å². The van der Waals surface area contributed by atoms with Crippen LogP contribution in [0.4, 0.5) is 0 Å². The maximum Gasteiger partial charge on any atom is 0.137 e. The molecule has 0 atom stereocenters. The molecule has 2 nitrogen and oxygen atoms in total. The van der Waals surface area contributed by atoms with Crippen LogP contribution in [0, 0.1) is 0 Å². The standard InChI is InChI=1S/C28H19NO/c1-2-4-20(5-3-1)29-24-14-18-8-6-16(18)12-22(24)21-10-11-25-27(28(21)29)23-13-17-7-9-19(17)15-26(23)30-25/h1-5,10-15H,6-9H2. The molecule has 2 heterocycles. The summed E-state index contributed by atoms with van der Waals surface area (Å²) < 4.78 is 8.82. The zero-order valence-electron chi connectivity index (χ0n) is 16.5. The summed E-state index contributed by atoms with van der Waals surface area (Å²) in [5, 5.41) is 5.18. The lowest BCUT2D eigenvalue weighted by molar-refractivity contribution is 0.666. The van der Waals surface area contributed by atoms with Gasteiger partial charge >= 0.3 is 0 Å². The number of fused-ring (bicyclic) bond motifs is 9. The molecule has 6 aromatic rings. The van der Waals surface area contributed by atoms with Crippen molar-refractivity contribution in [3.05, 3.63) is 89.0 Å². The van der Waals surface area contributed by atoms with Gasteiger partial charge < -0.3 is 8.98 Å². The molecule has 8 rings (SSSR count). The molecule has 0 spiro atoms. The lowest BCUT2D eigenvalue weighted by Gasteiger charge is -2.19. The molecule has 0 saturated carbocycles. The summed E-state index contributed by atoms with van der Waals surface area (Å²) >= 11 is 0. The first-order valence-electron chi connectivity index (χ1n) is 10.9. The van der Waals surface area contributed by atoms with Crippen LogP contribution in [0.3, 0.4) is 0 Å². The third-order valence-electron chi connectivity index (χ3n) is 7.35. The number of aromatic nitrogens is 1. The Labute approximate surface area is 173 Å². The highest BCUT2D eigenvalue weighted by atomic mass is 16.3. The quantitative estimate of drug-likeness (QED) is 0.302. The smallest absolute Gasteiger partial charge is 0.137 e. The SMILES string of the molecule is c1ccc(-n2c3cc4c(cc3c3ccc5oc6cc7c(cc6c5c32)CC7)CC4)cc1. The van der Waals surface area contributed by atoms with E-state index in [-0.39, 0.29) is 0 Å². The summed E-state index contributed by atoms with van der Waals surface area (Å²) in [6, 6.07) is 24.7. The molecule has 142 valence electrons. The second kappa shape index (κ2) is 5.14. The van der Waals surface area contributed by atoms with Crippen LogP contribution in [0.1, 0.15) is 22.3 Å². The van der Waals surface area contributed by atoms with E-state index in [0.717, 1.165) is 11.2 Å². The third kappa shape index (κ3) is 1.76. The van der Waals surface area contributed by atoms with Crippen LogP contribution < -0.4 is 0 Å². The fourth-order valence-electron chi connectivity index (χ4n) is 5.59. The van der Waals surface area contributed by atoms with Crippen LogP contribution in [0.15, 0.2) is 71.1 Å². The molecular weight excluding hydrogens is 366 g/mol. The largest absolute Gasteiger partial charge is 0.456 e. The normalized spacial score (nSPS) is 14.8. The highest BCUT2D eigenvalue weighted by Gasteiger charge is 2.24. The van der Waals surface area contributed by atoms with E-state index < -0.39 is 0 Å². The van der Waals surface area contributed by atoms with Crippen LogP contribution in [0.2, 0.25) is 0 Å². The van der Waals surface area contributed by atoms with Crippen LogP contribution in [0.25, 0.3) is 49.4 Å². The Balaban J connectivity index is 1.65. The van der Waals surface area contributed by atoms with E-state index in [2.05, 4.69) is 71.3 Å². The number of nitrogens with zero attached hydrogens (tertiary/aromatic N) is 1. The molecule has 2 aliphatic rings. The van der Waals surface area contributed by atoms with Crippen LogP contribution >= 0.6 is 0 Å². The van der Waals surface area contributed by atoms with Crippen molar-refractivity contribution >= 4 is 43.7 Å². The Morgan fingerprint density at radius 3 is 2.07 bits per heavy atom. The fraction of sp³-hybridized carbons (Fsp3) is 0.143. The molecule has 30 heavy (non-hydrogen) atoms. The van der Waals surface area contributed by atoms with Crippen molar-refractivity contribution in [3.8, 4) is 5.69 Å². The summed E-state index contributed by atoms with van der Waals surface area (Å²) in [5.74, 6) is 0. The molecule has 2 aliphatic carbocycles. The second-order valence-corrected chi connectivity index (χ2v) is 8.86. The molecule has 0 fully saturated rings. The van der Waals surface area contributed by atoms with Gasteiger partial charge in [0.25, 0.3) is 0 Å². The van der Waals surface area contributed by atoms with Crippen molar-refractivity contribution in [1.29, 1.82) is 0 Å². The van der Waals surface area contributed by atoms with E-state index in [0.29, 0.717) is 0 Å². The number of aryl methyl sites for hydroxylation is 4. The predicted octanol–water partition coefficient (Wildman–Crippen LogP) is 6.88. The Kier molecular flexibility index (Phi) is 2.63. The molecule has 2 heteroatoms. The number of rotatable bonds is 1. The van der Waals surface area contributed by atoms with E-state index in [1.54, 1.807) is 0 Å². The van der Waals surface area contributed by atoms with Crippen molar-refractivity contribution in [2.24, 2.45) is 0 Å². The molecule has 0 aliphatic heterocycles. The topological polar surface area (TPSA) is 18.1 Å². The van der Waals surface area contributed by atoms with Crippen LogP contribution in [0.5, 0.6) is 0 Å². The van der Waals surface area contributed by atoms with Gasteiger partial charge in [-0.05, 0) is 96.5 Å². The summed E-state index contributed by atoms with van der Waals surface area (Å²) in [7, 11) is 0. The lowest BCUT2D eigenvalue weighted by atomic mass is 9.87. The summed E-state index contributed by atoms with van der Waals surface area (Å²) in [5.41, 5.74) is 11.7. The van der Waals surface area contributed by atoms with Gasteiger partial charge in [0.1, 0.15) is 11.2 Å². The summed E-state index contributed by atoms with van der Waals surface area (Å²) in [6.45, 7) is 0. The molecule has 0 saturated heterocycles. The molecule has 0 unspecified atom stereocenters. The van der Waals surface area contributed by atoms with Gasteiger partial charge in [0.05, 0.1) is 16.4 Å². The molecule has 4 aromatic carbocycles. The summed E-state index contributed by atoms with van der Waals surface area (Å²) in [4.78, 5) is 0. The lowest BCUT2D eigenvalue weighted by Crippen LogP contribution is -2.08. The number of para-hydroxylation sites is 1. The van der Waals surface area contributed by atoms with Crippen molar-refractivity contribution in [1.82, 2.24) is 4.57 Å². The first-order chi connectivity index (χ1) is 14.8. The Hall–Kier alpha value is -3.52. The average Bonchev–Trinajstić information content (AvgIpc) is 3.25. The molecule has 0 radical (unpaired) electrons. The first kappa shape index (κ1) is 15.3. The highest BCUT2D eigenvalue weighted by Crippen LogP contribution is 2.43. The molecule has 0 amide bonds. The Bertz CT molecular complexity index is 1680. The van der Waals surface area contributed by atoms with Crippen LogP contribution in [-0.2, 0) is 25.7 Å². The van der Waals surface area contributed by atoms with Crippen molar-refractivity contribution in [3.63, 3.8) is 0 Å². The predicted molar refractivity (Wildman–Crippen MR) is 123 cm³/mol. The minimum atomic E-state index is 0.984. The van der Waals surface area contributed by atoms with Crippen molar-refractivity contribution in [2.75, 3.05) is 0 Å². The van der Waals surface area contributed by atoms with Crippen LogP contribution in [-0.4, -0.2) is 4.57 Å². The fourth-order valence-corrected chi connectivity index (χ4v) is 5.59. The van der Waals surface area contributed by atoms with Gasteiger partial charge in [0.2, 0.25) is 0 Å². The average molecular weight is 385 g/mol. The third-order valence-corrected chi connectivity index (χ3v) is 7.35. The second-order valence-electron chi connectivity index (χ2n) is 8.86. The molecule has 0 N–H and O–H groups in total. The first-order valence-corrected chi connectivity index (χ1v) is 10.9. The number of benzene rings is 4. The van der Waals surface area contributed by atoms with Gasteiger partial charge in [-0.1, -0.05) is 18.2 Å². The summed E-state index contributed by atoms with van der Waals surface area (Å²) in [6.07, 6.45) is 4.75. The molecular formula is C28H19NO. The van der Waals surface area contributed by atoms with Gasteiger partial charge in [-0.2, -0.15) is 0 Å². The van der Waals surface area contributed by atoms with E-state index in [1.807, 2.05) is 0 Å². The van der Waals surface area contributed by atoms with Crippen molar-refractivity contribution in [2.45, 2.75) is 25.7 Å². The van der Waals surface area contributed by atoms with E-state index >= 15 is 0 Å². The zero-order valence-corrected chi connectivity index (χ0v) is 16.5. The highest BCUT2D eigenvalue weighted by molar-refractivity contribution is 6.24. The Morgan fingerprint density at radius 1 is 0.600 bits per heavy atom. The number of hydrogen-bond donors (Lipinski definition) is 0. The maximum atomic E-state index is 6.36. The minimum absolute atomic E-state index is 0.984. The monoisotopic (exact) mass is 385 g/mol. The number of hydrogen-bond acceptors (Lipinski definition) is 1. The van der Waals surface area contributed by atoms with Gasteiger partial charge in [-0.15, -0.1) is 0 Å². The maximum absolute atomic E-state index is 6.36. The van der Waals surface area contributed by atoms with Gasteiger partial charge in [0.15, 0.2) is 0 Å². The molecule has 0 bridgehead atoms. The van der Waals surface area contributed by atoms with Gasteiger partial charge in [0, 0.05) is 21.8 Å². The molecule has 2 aromatic heterocycles. The minimum Gasteiger partial charge on any atom is -0.456 e. The van der Waals surface area contributed by atoms with E-state index in [4.69, 9.17) is 4.42 Å².